The molecular formula is C14H10BrN3O2. The van der Waals surface area contributed by atoms with Gasteiger partial charge in [0.2, 0.25) is 5.91 Å². The number of hydrogen-bond donors (Lipinski definition) is 1. The number of aromatic nitrogens is 1. The standard InChI is InChI=1S/C14H10BrN3O2/c15-13-9(4-3-7-16-13)14(20)18-8-12(19)17-10-5-1-2-6-11(10)18/h1-7H,8H2,(H,17,19). The van der Waals surface area contributed by atoms with Gasteiger partial charge in [-0.2, -0.15) is 0 Å². The second-order valence-corrected chi connectivity index (χ2v) is 5.05. The average Bonchev–Trinajstić information content (AvgIpc) is 2.46. The van der Waals surface area contributed by atoms with Crippen LogP contribution in [-0.4, -0.2) is 23.3 Å². The molecule has 0 radical (unpaired) electrons. The maximum absolute atomic E-state index is 12.6. The number of hydrogen-bond acceptors (Lipinski definition) is 3. The molecule has 2 aromatic rings. The molecule has 1 aromatic carbocycles. The van der Waals surface area contributed by atoms with Crippen LogP contribution in [-0.2, 0) is 4.79 Å². The predicted octanol–water partition coefficient (Wildman–Crippen LogP) is 2.44. The van der Waals surface area contributed by atoms with Gasteiger partial charge in [-0.1, -0.05) is 12.1 Å². The SMILES string of the molecule is O=C1CN(C(=O)c2cccnc2Br)c2ccccc2N1. The quantitative estimate of drug-likeness (QED) is 0.816. The first-order valence-corrected chi connectivity index (χ1v) is 6.77. The summed E-state index contributed by atoms with van der Waals surface area (Å²) < 4.78 is 0.466. The summed E-state index contributed by atoms with van der Waals surface area (Å²) in [6, 6.07) is 10.6. The smallest absolute Gasteiger partial charge is 0.261 e. The molecular weight excluding hydrogens is 322 g/mol. The first-order valence-electron chi connectivity index (χ1n) is 5.98. The van der Waals surface area contributed by atoms with E-state index >= 15 is 0 Å². The lowest BCUT2D eigenvalue weighted by Crippen LogP contribution is -2.42. The summed E-state index contributed by atoms with van der Waals surface area (Å²) in [5.41, 5.74) is 1.75. The fraction of sp³-hybridized carbons (Fsp3) is 0.0714. The zero-order chi connectivity index (χ0) is 14.1. The number of fused-ring (bicyclic) bond motifs is 1. The Morgan fingerprint density at radius 3 is 2.85 bits per heavy atom. The Morgan fingerprint density at radius 2 is 2.05 bits per heavy atom. The van der Waals surface area contributed by atoms with Gasteiger partial charge in [-0.3, -0.25) is 14.5 Å². The van der Waals surface area contributed by atoms with Gasteiger partial charge < -0.3 is 5.32 Å². The molecule has 2 heterocycles. The Bertz CT molecular complexity index is 702. The van der Waals surface area contributed by atoms with Crippen molar-refractivity contribution >= 4 is 39.1 Å². The number of amides is 2. The Kier molecular flexibility index (Phi) is 3.23. The molecule has 6 heteroatoms. The van der Waals surface area contributed by atoms with Crippen LogP contribution >= 0.6 is 15.9 Å². The normalized spacial score (nSPS) is 13.7. The molecule has 0 fully saturated rings. The lowest BCUT2D eigenvalue weighted by atomic mass is 10.1. The lowest BCUT2D eigenvalue weighted by molar-refractivity contribution is -0.115. The van der Waals surface area contributed by atoms with Crippen LogP contribution in [0.1, 0.15) is 10.4 Å². The molecule has 0 atom stereocenters. The zero-order valence-corrected chi connectivity index (χ0v) is 11.9. The number of rotatable bonds is 1. The summed E-state index contributed by atoms with van der Waals surface area (Å²) >= 11 is 3.26. The van der Waals surface area contributed by atoms with Crippen LogP contribution in [0.4, 0.5) is 11.4 Å². The van der Waals surface area contributed by atoms with Crippen LogP contribution in [0.25, 0.3) is 0 Å². The van der Waals surface area contributed by atoms with Crippen LogP contribution in [0, 0.1) is 0 Å². The van der Waals surface area contributed by atoms with E-state index in [4.69, 9.17) is 0 Å². The van der Waals surface area contributed by atoms with Crippen LogP contribution in [0.5, 0.6) is 0 Å². The van der Waals surface area contributed by atoms with Gasteiger partial charge in [0.25, 0.3) is 5.91 Å². The van der Waals surface area contributed by atoms with Gasteiger partial charge >= 0.3 is 0 Å². The largest absolute Gasteiger partial charge is 0.323 e. The molecule has 1 aromatic heterocycles. The van der Waals surface area contributed by atoms with Gasteiger partial charge in [-0.25, -0.2) is 4.98 Å². The summed E-state index contributed by atoms with van der Waals surface area (Å²) in [5, 5.41) is 2.75. The fourth-order valence-corrected chi connectivity index (χ4v) is 2.53. The molecule has 1 N–H and O–H groups in total. The molecule has 5 nitrogen and oxygen atoms in total. The summed E-state index contributed by atoms with van der Waals surface area (Å²) in [6.07, 6.45) is 1.59. The van der Waals surface area contributed by atoms with E-state index in [9.17, 15) is 9.59 Å². The molecule has 2 amide bonds. The number of halogens is 1. The summed E-state index contributed by atoms with van der Waals surface area (Å²) in [5.74, 6) is -0.468. The highest BCUT2D eigenvalue weighted by Crippen LogP contribution is 2.30. The minimum atomic E-state index is -0.257. The number of benzene rings is 1. The first kappa shape index (κ1) is 12.8. The molecule has 100 valence electrons. The van der Waals surface area contributed by atoms with Crippen molar-refractivity contribution < 1.29 is 9.59 Å². The molecule has 0 spiro atoms. The monoisotopic (exact) mass is 331 g/mol. The number of pyridine rings is 1. The van der Waals surface area contributed by atoms with Crippen molar-refractivity contribution in [3.63, 3.8) is 0 Å². The maximum atomic E-state index is 12.6. The Morgan fingerprint density at radius 1 is 1.25 bits per heavy atom. The summed E-state index contributed by atoms with van der Waals surface area (Å²) in [7, 11) is 0. The Balaban J connectivity index is 2.05. The van der Waals surface area contributed by atoms with Gasteiger partial charge in [0.15, 0.2) is 0 Å². The van der Waals surface area contributed by atoms with Gasteiger partial charge in [0.05, 0.1) is 16.9 Å². The molecule has 0 aliphatic carbocycles. The average molecular weight is 332 g/mol. The van der Waals surface area contributed by atoms with E-state index in [0.29, 0.717) is 21.5 Å². The molecule has 0 saturated heterocycles. The Hall–Kier alpha value is -2.21. The highest BCUT2D eigenvalue weighted by atomic mass is 79.9. The maximum Gasteiger partial charge on any atom is 0.261 e. The topological polar surface area (TPSA) is 62.3 Å². The molecule has 0 bridgehead atoms. The van der Waals surface area contributed by atoms with Crippen molar-refractivity contribution in [3.05, 3.63) is 52.8 Å². The summed E-state index contributed by atoms with van der Waals surface area (Å²) in [4.78, 5) is 29.8. The number of carbonyl (C=O) groups excluding carboxylic acids is 2. The first-order chi connectivity index (χ1) is 9.66. The zero-order valence-electron chi connectivity index (χ0n) is 10.3. The number of para-hydroxylation sites is 2. The van der Waals surface area contributed by atoms with E-state index in [1.807, 2.05) is 12.1 Å². The van der Waals surface area contributed by atoms with Crippen molar-refractivity contribution in [1.82, 2.24) is 4.98 Å². The van der Waals surface area contributed by atoms with Gasteiger partial charge in [-0.05, 0) is 40.2 Å². The highest BCUT2D eigenvalue weighted by Gasteiger charge is 2.28. The van der Waals surface area contributed by atoms with Crippen LogP contribution in [0.2, 0.25) is 0 Å². The van der Waals surface area contributed by atoms with Crippen molar-refractivity contribution in [2.75, 3.05) is 16.8 Å². The van der Waals surface area contributed by atoms with E-state index in [2.05, 4.69) is 26.2 Å². The third kappa shape index (κ3) is 2.18. The van der Waals surface area contributed by atoms with Gasteiger partial charge in [-0.15, -0.1) is 0 Å². The van der Waals surface area contributed by atoms with E-state index in [0.717, 1.165) is 0 Å². The van der Waals surface area contributed by atoms with E-state index < -0.39 is 0 Å². The number of nitrogens with one attached hydrogen (secondary N) is 1. The fourth-order valence-electron chi connectivity index (χ4n) is 2.11. The third-order valence-electron chi connectivity index (χ3n) is 3.01. The van der Waals surface area contributed by atoms with Gasteiger partial charge in [0, 0.05) is 6.20 Å². The predicted molar refractivity (Wildman–Crippen MR) is 78.7 cm³/mol. The van der Waals surface area contributed by atoms with Crippen molar-refractivity contribution in [2.24, 2.45) is 0 Å². The Labute approximate surface area is 123 Å². The molecule has 1 aliphatic rings. The number of nitrogens with zero attached hydrogens (tertiary/aromatic N) is 2. The minimum Gasteiger partial charge on any atom is -0.323 e. The molecule has 0 saturated carbocycles. The second kappa shape index (κ2) is 5.05. The second-order valence-electron chi connectivity index (χ2n) is 4.30. The highest BCUT2D eigenvalue weighted by molar-refractivity contribution is 9.10. The van der Waals surface area contributed by atoms with E-state index in [1.54, 1.807) is 30.5 Å². The lowest BCUT2D eigenvalue weighted by Gasteiger charge is -2.29. The molecule has 3 rings (SSSR count). The minimum absolute atomic E-state index is 0.00280. The van der Waals surface area contributed by atoms with Crippen molar-refractivity contribution in [2.45, 2.75) is 0 Å². The van der Waals surface area contributed by atoms with Crippen LogP contribution in [0.15, 0.2) is 47.2 Å². The molecule has 1 aliphatic heterocycles. The number of anilines is 2. The van der Waals surface area contributed by atoms with Crippen LogP contribution in [0.3, 0.4) is 0 Å². The van der Waals surface area contributed by atoms with Gasteiger partial charge in [0.1, 0.15) is 11.1 Å². The van der Waals surface area contributed by atoms with E-state index in [-0.39, 0.29) is 18.4 Å². The van der Waals surface area contributed by atoms with Crippen LogP contribution < -0.4 is 10.2 Å². The van der Waals surface area contributed by atoms with Crippen molar-refractivity contribution in [1.29, 1.82) is 0 Å². The van der Waals surface area contributed by atoms with E-state index in [1.165, 1.54) is 4.90 Å². The summed E-state index contributed by atoms with van der Waals surface area (Å²) in [6.45, 7) is -0.00280. The number of carbonyl (C=O) groups is 2. The molecule has 20 heavy (non-hydrogen) atoms. The van der Waals surface area contributed by atoms with Crippen molar-refractivity contribution in [3.8, 4) is 0 Å². The molecule has 0 unspecified atom stereocenters. The third-order valence-corrected chi connectivity index (χ3v) is 3.64.